The van der Waals surface area contributed by atoms with Crippen LogP contribution in [0.3, 0.4) is 0 Å². The number of nitrogens with one attached hydrogen (secondary N) is 1. The van der Waals surface area contributed by atoms with Gasteiger partial charge in [0.25, 0.3) is 5.91 Å². The van der Waals surface area contributed by atoms with Gasteiger partial charge in [-0.25, -0.2) is 0 Å². The van der Waals surface area contributed by atoms with E-state index in [4.69, 9.17) is 0 Å². The fraction of sp³-hybridized carbons (Fsp3) is 0. The summed E-state index contributed by atoms with van der Waals surface area (Å²) in [6.45, 7) is 0. The van der Waals surface area contributed by atoms with Crippen molar-refractivity contribution in [3.8, 4) is 0 Å². The number of nitrogens with zero attached hydrogens (tertiary/aromatic N) is 1. The fourth-order valence-corrected chi connectivity index (χ4v) is 2.51. The van der Waals surface area contributed by atoms with E-state index in [0.29, 0.717) is 5.56 Å². The van der Waals surface area contributed by atoms with E-state index in [1.807, 2.05) is 66.2 Å². The van der Waals surface area contributed by atoms with Gasteiger partial charge < -0.3 is 5.32 Å². The number of anilines is 1. The summed E-state index contributed by atoms with van der Waals surface area (Å²) in [5, 5.41) is 4.88. The highest BCUT2D eigenvalue weighted by Gasteiger charge is 2.04. The molecular weight excluding hydrogens is 292 g/mol. The van der Waals surface area contributed by atoms with Crippen molar-refractivity contribution in [2.45, 2.75) is 0 Å². The number of thiophene rings is 1. The third kappa shape index (κ3) is 3.68. The van der Waals surface area contributed by atoms with Gasteiger partial charge in [-0.15, -0.1) is 11.3 Å². The highest BCUT2D eigenvalue weighted by Crippen LogP contribution is 2.17. The van der Waals surface area contributed by atoms with Crippen LogP contribution in [-0.2, 0) is 0 Å². The van der Waals surface area contributed by atoms with E-state index in [-0.39, 0.29) is 5.91 Å². The van der Waals surface area contributed by atoms with Gasteiger partial charge in [0.2, 0.25) is 0 Å². The molecule has 0 atom stereocenters. The molecule has 2 aromatic carbocycles. The minimum absolute atomic E-state index is 0.115. The van der Waals surface area contributed by atoms with Crippen LogP contribution < -0.4 is 5.32 Å². The predicted molar refractivity (Wildman–Crippen MR) is 92.4 cm³/mol. The molecule has 1 aromatic heterocycles. The zero-order chi connectivity index (χ0) is 15.2. The molecule has 0 fully saturated rings. The Kier molecular flexibility index (Phi) is 4.41. The number of amides is 1. The van der Waals surface area contributed by atoms with Crippen LogP contribution in [0.4, 0.5) is 11.4 Å². The van der Waals surface area contributed by atoms with E-state index in [1.165, 1.54) is 0 Å². The van der Waals surface area contributed by atoms with Crippen molar-refractivity contribution in [2.24, 2.45) is 4.99 Å². The summed E-state index contributed by atoms with van der Waals surface area (Å²) in [4.78, 5) is 17.6. The number of rotatable bonds is 4. The molecule has 3 nitrogen and oxygen atoms in total. The minimum Gasteiger partial charge on any atom is -0.322 e. The Bertz CT molecular complexity index is 763. The Morgan fingerprint density at radius 3 is 2.41 bits per heavy atom. The molecule has 1 heterocycles. The quantitative estimate of drug-likeness (QED) is 0.694. The molecule has 22 heavy (non-hydrogen) atoms. The zero-order valence-corrected chi connectivity index (χ0v) is 12.6. The van der Waals surface area contributed by atoms with Gasteiger partial charge >= 0.3 is 0 Å². The summed E-state index contributed by atoms with van der Waals surface area (Å²) < 4.78 is 0. The van der Waals surface area contributed by atoms with Gasteiger partial charge in [0.1, 0.15) is 0 Å². The average molecular weight is 306 g/mol. The Balaban J connectivity index is 1.65. The molecule has 0 saturated carbocycles. The Morgan fingerprint density at radius 1 is 0.955 bits per heavy atom. The highest BCUT2D eigenvalue weighted by atomic mass is 32.1. The first-order valence-corrected chi connectivity index (χ1v) is 7.73. The predicted octanol–water partition coefficient (Wildman–Crippen LogP) is 4.75. The summed E-state index contributed by atoms with van der Waals surface area (Å²) in [7, 11) is 0. The van der Waals surface area contributed by atoms with Crippen LogP contribution in [0.1, 0.15) is 15.2 Å². The van der Waals surface area contributed by atoms with Crippen LogP contribution in [0, 0.1) is 0 Å². The lowest BCUT2D eigenvalue weighted by molar-refractivity contribution is 0.102. The number of benzene rings is 2. The normalized spacial score (nSPS) is 10.7. The van der Waals surface area contributed by atoms with E-state index >= 15 is 0 Å². The zero-order valence-electron chi connectivity index (χ0n) is 11.8. The molecule has 0 saturated heterocycles. The largest absolute Gasteiger partial charge is 0.322 e. The maximum absolute atomic E-state index is 12.0. The lowest BCUT2D eigenvalue weighted by atomic mass is 10.2. The number of carbonyl (C=O) groups excluding carboxylic acids is 1. The lowest BCUT2D eigenvalue weighted by Crippen LogP contribution is -2.11. The monoisotopic (exact) mass is 306 g/mol. The molecule has 0 aliphatic heterocycles. The van der Waals surface area contributed by atoms with Gasteiger partial charge in [0.05, 0.1) is 5.69 Å². The molecule has 0 spiro atoms. The molecule has 0 aliphatic rings. The summed E-state index contributed by atoms with van der Waals surface area (Å²) in [6.07, 6.45) is 1.84. The molecule has 0 aliphatic carbocycles. The minimum atomic E-state index is -0.115. The van der Waals surface area contributed by atoms with Crippen LogP contribution in [-0.4, -0.2) is 12.1 Å². The van der Waals surface area contributed by atoms with Gasteiger partial charge in [-0.1, -0.05) is 24.3 Å². The molecule has 1 amide bonds. The maximum Gasteiger partial charge on any atom is 0.255 e. The molecule has 0 bridgehead atoms. The number of carbonyl (C=O) groups is 1. The third-order valence-electron chi connectivity index (χ3n) is 3.05. The van der Waals surface area contributed by atoms with Crippen LogP contribution in [0.25, 0.3) is 0 Å². The topological polar surface area (TPSA) is 41.5 Å². The summed E-state index contributed by atoms with van der Waals surface area (Å²) in [6, 6.07) is 20.6. The number of hydrogen-bond acceptors (Lipinski definition) is 3. The van der Waals surface area contributed by atoms with E-state index in [1.54, 1.807) is 23.5 Å². The number of hydrogen-bond donors (Lipinski definition) is 1. The Morgan fingerprint density at radius 2 is 1.73 bits per heavy atom. The summed E-state index contributed by atoms with van der Waals surface area (Å²) in [5.41, 5.74) is 2.25. The fourth-order valence-electron chi connectivity index (χ4n) is 1.93. The van der Waals surface area contributed by atoms with E-state index in [9.17, 15) is 4.79 Å². The van der Waals surface area contributed by atoms with Gasteiger partial charge in [0.15, 0.2) is 0 Å². The molecule has 4 heteroatoms. The second kappa shape index (κ2) is 6.83. The van der Waals surface area contributed by atoms with Gasteiger partial charge in [0, 0.05) is 22.3 Å². The average Bonchev–Trinajstić information content (AvgIpc) is 3.08. The van der Waals surface area contributed by atoms with Crippen LogP contribution in [0.5, 0.6) is 0 Å². The van der Waals surface area contributed by atoms with Crippen LogP contribution in [0.15, 0.2) is 77.1 Å². The second-order valence-electron chi connectivity index (χ2n) is 4.64. The summed E-state index contributed by atoms with van der Waals surface area (Å²) >= 11 is 1.65. The maximum atomic E-state index is 12.0. The molecule has 0 radical (unpaired) electrons. The first kappa shape index (κ1) is 14.2. The van der Waals surface area contributed by atoms with E-state index < -0.39 is 0 Å². The van der Waals surface area contributed by atoms with Crippen molar-refractivity contribution in [2.75, 3.05) is 5.32 Å². The van der Waals surface area contributed by atoms with Crippen molar-refractivity contribution in [3.63, 3.8) is 0 Å². The van der Waals surface area contributed by atoms with Crippen molar-refractivity contribution in [3.05, 3.63) is 82.6 Å². The van der Waals surface area contributed by atoms with Crippen LogP contribution >= 0.6 is 11.3 Å². The van der Waals surface area contributed by atoms with Crippen molar-refractivity contribution in [1.82, 2.24) is 0 Å². The van der Waals surface area contributed by atoms with Crippen molar-refractivity contribution < 1.29 is 4.79 Å². The standard InChI is InChI=1S/C18H14N2OS/c21-18(14-5-2-1-3-6-14)20-16-10-8-15(9-11-16)19-13-17-7-4-12-22-17/h1-13H,(H,20,21). The molecule has 1 N–H and O–H groups in total. The van der Waals surface area contributed by atoms with Crippen molar-refractivity contribution in [1.29, 1.82) is 0 Å². The first-order chi connectivity index (χ1) is 10.8. The Hall–Kier alpha value is -2.72. The smallest absolute Gasteiger partial charge is 0.255 e. The summed E-state index contributed by atoms with van der Waals surface area (Å²) in [5.74, 6) is -0.115. The molecule has 108 valence electrons. The third-order valence-corrected chi connectivity index (χ3v) is 3.85. The van der Waals surface area contributed by atoms with Gasteiger partial charge in [-0.05, 0) is 47.8 Å². The number of aliphatic imine (C=N–C) groups is 1. The second-order valence-corrected chi connectivity index (χ2v) is 5.62. The molecular formula is C18H14N2OS. The van der Waals surface area contributed by atoms with Crippen LogP contribution in [0.2, 0.25) is 0 Å². The molecule has 0 unspecified atom stereocenters. The lowest BCUT2D eigenvalue weighted by Gasteiger charge is -2.05. The van der Waals surface area contributed by atoms with E-state index in [0.717, 1.165) is 16.3 Å². The van der Waals surface area contributed by atoms with E-state index in [2.05, 4.69) is 10.3 Å². The van der Waals surface area contributed by atoms with Gasteiger partial charge in [-0.2, -0.15) is 0 Å². The SMILES string of the molecule is O=C(Nc1ccc(N=Cc2cccs2)cc1)c1ccccc1. The first-order valence-electron chi connectivity index (χ1n) is 6.85. The Labute approximate surface area is 133 Å². The molecule has 3 rings (SSSR count). The molecule has 3 aromatic rings. The van der Waals surface area contributed by atoms with Crippen molar-refractivity contribution >= 4 is 34.8 Å². The highest BCUT2D eigenvalue weighted by molar-refractivity contribution is 7.11. The van der Waals surface area contributed by atoms with Gasteiger partial charge in [-0.3, -0.25) is 9.79 Å².